The Bertz CT molecular complexity index is 908. The van der Waals surface area contributed by atoms with Gasteiger partial charge in [-0.2, -0.15) is 0 Å². The van der Waals surface area contributed by atoms with Gasteiger partial charge in [0.05, 0.1) is 29.5 Å². The Morgan fingerprint density at radius 1 is 1.27 bits per heavy atom. The Morgan fingerprint density at radius 3 is 2.77 bits per heavy atom. The van der Waals surface area contributed by atoms with Crippen LogP contribution in [-0.4, -0.2) is 30.7 Å². The largest absolute Gasteiger partial charge is 0.479 e. The molecule has 114 valence electrons. The van der Waals surface area contributed by atoms with E-state index in [4.69, 9.17) is 4.74 Å². The van der Waals surface area contributed by atoms with Crippen LogP contribution >= 0.6 is 0 Å². The van der Waals surface area contributed by atoms with Gasteiger partial charge in [0.1, 0.15) is 10.7 Å². The standard InChI is InChI=1S/C15H15N3O3S/c1-9-7-10(3-4-11(9)8-22(19)20)14-13-12(5-6-16-14)17-18-15(13)21-2/h3-7,22H,8H2,1-2H3,(H,17,18). The van der Waals surface area contributed by atoms with E-state index < -0.39 is 10.7 Å². The Kier molecular flexibility index (Phi) is 3.81. The lowest BCUT2D eigenvalue weighted by molar-refractivity contribution is 0.401. The first kappa shape index (κ1) is 14.5. The van der Waals surface area contributed by atoms with E-state index in [0.29, 0.717) is 5.88 Å². The fourth-order valence-electron chi connectivity index (χ4n) is 2.46. The molecule has 0 spiro atoms. The topological polar surface area (TPSA) is 84.9 Å². The summed E-state index contributed by atoms with van der Waals surface area (Å²) in [6, 6.07) is 7.46. The summed E-state index contributed by atoms with van der Waals surface area (Å²) in [5.74, 6) is 0.538. The molecule has 0 aliphatic carbocycles. The van der Waals surface area contributed by atoms with Gasteiger partial charge in [-0.1, -0.05) is 12.1 Å². The molecule has 3 rings (SSSR count). The summed E-state index contributed by atoms with van der Waals surface area (Å²) in [5.41, 5.74) is 4.20. The lowest BCUT2D eigenvalue weighted by Crippen LogP contribution is -1.93. The van der Waals surface area contributed by atoms with Gasteiger partial charge in [-0.15, -0.1) is 5.10 Å². The number of aromatic amines is 1. The van der Waals surface area contributed by atoms with E-state index in [-0.39, 0.29) is 5.75 Å². The number of hydrogen-bond acceptors (Lipinski definition) is 5. The van der Waals surface area contributed by atoms with Crippen LogP contribution < -0.4 is 4.74 Å². The number of aromatic nitrogens is 3. The van der Waals surface area contributed by atoms with Gasteiger partial charge in [0.25, 0.3) is 0 Å². The van der Waals surface area contributed by atoms with Crippen molar-refractivity contribution in [2.45, 2.75) is 12.7 Å². The van der Waals surface area contributed by atoms with Crippen molar-refractivity contribution in [3.63, 3.8) is 0 Å². The minimum Gasteiger partial charge on any atom is -0.479 e. The van der Waals surface area contributed by atoms with Gasteiger partial charge in [-0.05, 0) is 30.2 Å². The lowest BCUT2D eigenvalue weighted by Gasteiger charge is -2.07. The minimum atomic E-state index is -2.44. The van der Waals surface area contributed by atoms with E-state index in [1.165, 1.54) is 0 Å². The molecule has 2 heterocycles. The van der Waals surface area contributed by atoms with E-state index in [2.05, 4.69) is 15.2 Å². The second-order valence-electron chi connectivity index (χ2n) is 4.95. The maximum absolute atomic E-state index is 10.9. The number of H-pyrrole nitrogens is 1. The molecule has 0 fully saturated rings. The van der Waals surface area contributed by atoms with Crippen molar-refractivity contribution >= 4 is 21.6 Å². The van der Waals surface area contributed by atoms with E-state index in [0.717, 1.165) is 33.3 Å². The molecule has 0 amide bonds. The number of aryl methyl sites for hydroxylation is 1. The fraction of sp³-hybridized carbons (Fsp3) is 0.200. The summed E-state index contributed by atoms with van der Waals surface area (Å²) >= 11 is 0. The quantitative estimate of drug-likeness (QED) is 0.719. The molecular weight excluding hydrogens is 302 g/mol. The molecule has 0 saturated carbocycles. The van der Waals surface area contributed by atoms with Gasteiger partial charge in [-0.25, -0.2) is 8.42 Å². The van der Waals surface area contributed by atoms with Gasteiger partial charge in [0.15, 0.2) is 0 Å². The normalized spacial score (nSPS) is 11.2. The third-order valence-corrected chi connectivity index (χ3v) is 4.15. The number of hydrogen-bond donors (Lipinski definition) is 2. The van der Waals surface area contributed by atoms with E-state index >= 15 is 0 Å². The van der Waals surface area contributed by atoms with Gasteiger partial charge < -0.3 is 4.74 Å². The summed E-state index contributed by atoms with van der Waals surface area (Å²) in [6.07, 6.45) is 1.70. The predicted octanol–water partition coefficient (Wildman–Crippen LogP) is 2.05. The lowest BCUT2D eigenvalue weighted by atomic mass is 10.0. The highest BCUT2D eigenvalue weighted by atomic mass is 32.2. The number of benzene rings is 1. The molecule has 7 heteroatoms. The summed E-state index contributed by atoms with van der Waals surface area (Å²) in [5, 5.41) is 7.83. The first-order valence-electron chi connectivity index (χ1n) is 6.69. The number of methoxy groups -OCH3 is 1. The number of fused-ring (bicyclic) bond motifs is 1. The smallest absolute Gasteiger partial charge is 0.242 e. The van der Waals surface area contributed by atoms with Crippen molar-refractivity contribution < 1.29 is 13.2 Å². The highest BCUT2D eigenvalue weighted by Gasteiger charge is 2.14. The molecule has 0 atom stereocenters. The molecule has 1 N–H and O–H groups in total. The second-order valence-corrected chi connectivity index (χ2v) is 5.93. The second kappa shape index (κ2) is 5.76. The van der Waals surface area contributed by atoms with Crippen molar-refractivity contribution in [3.05, 3.63) is 41.6 Å². The Balaban J connectivity index is 2.15. The molecule has 22 heavy (non-hydrogen) atoms. The number of ether oxygens (including phenoxy) is 1. The molecule has 0 aliphatic heterocycles. The summed E-state index contributed by atoms with van der Waals surface area (Å²) in [7, 11) is -0.875. The molecule has 0 aliphatic rings. The summed E-state index contributed by atoms with van der Waals surface area (Å²) in [4.78, 5) is 4.43. The van der Waals surface area contributed by atoms with Crippen molar-refractivity contribution in [2.24, 2.45) is 0 Å². The average Bonchev–Trinajstić information content (AvgIpc) is 2.92. The number of nitrogens with one attached hydrogen (secondary N) is 1. The maximum atomic E-state index is 10.9. The van der Waals surface area contributed by atoms with Gasteiger partial charge in [-0.3, -0.25) is 10.1 Å². The molecule has 3 aromatic rings. The third kappa shape index (κ3) is 2.55. The zero-order valence-corrected chi connectivity index (χ0v) is 13.1. The first-order chi connectivity index (χ1) is 10.6. The fourth-order valence-corrected chi connectivity index (χ4v) is 3.10. The molecule has 0 bridgehead atoms. The molecule has 6 nitrogen and oxygen atoms in total. The molecule has 0 unspecified atom stereocenters. The molecule has 2 aromatic heterocycles. The number of pyridine rings is 1. The van der Waals surface area contributed by atoms with Crippen molar-refractivity contribution in [1.82, 2.24) is 15.2 Å². The van der Waals surface area contributed by atoms with Crippen LogP contribution in [0.2, 0.25) is 0 Å². The van der Waals surface area contributed by atoms with Crippen LogP contribution in [0, 0.1) is 6.92 Å². The SMILES string of the molecule is COc1n[nH]c2ccnc(-c3ccc(C[SH](=O)=O)c(C)c3)c12. The highest BCUT2D eigenvalue weighted by molar-refractivity contribution is 7.71. The van der Waals surface area contributed by atoms with Crippen molar-refractivity contribution in [2.75, 3.05) is 7.11 Å². The van der Waals surface area contributed by atoms with E-state index in [9.17, 15) is 8.42 Å². The average molecular weight is 317 g/mol. The highest BCUT2D eigenvalue weighted by Crippen LogP contribution is 2.32. The van der Waals surface area contributed by atoms with Gasteiger partial charge in [0, 0.05) is 11.8 Å². The number of thiol groups is 1. The Labute approximate surface area is 129 Å². The van der Waals surface area contributed by atoms with Crippen LogP contribution in [0.1, 0.15) is 11.1 Å². The summed E-state index contributed by atoms with van der Waals surface area (Å²) in [6.45, 7) is 1.89. The Morgan fingerprint density at radius 2 is 2.09 bits per heavy atom. The maximum Gasteiger partial charge on any atom is 0.242 e. The molecule has 0 saturated heterocycles. The minimum absolute atomic E-state index is 0.0497. The number of rotatable bonds is 4. The van der Waals surface area contributed by atoms with Crippen LogP contribution in [0.4, 0.5) is 0 Å². The molecule has 1 aromatic carbocycles. The van der Waals surface area contributed by atoms with Crippen LogP contribution in [0.3, 0.4) is 0 Å². The monoisotopic (exact) mass is 317 g/mol. The molecule has 0 radical (unpaired) electrons. The first-order valence-corrected chi connectivity index (χ1v) is 8.05. The zero-order chi connectivity index (χ0) is 15.7. The van der Waals surface area contributed by atoms with Crippen molar-refractivity contribution in [1.29, 1.82) is 0 Å². The number of nitrogens with zero attached hydrogens (tertiary/aromatic N) is 2. The van der Waals surface area contributed by atoms with Crippen LogP contribution in [-0.2, 0) is 16.5 Å². The van der Waals surface area contributed by atoms with Gasteiger partial charge >= 0.3 is 0 Å². The van der Waals surface area contributed by atoms with Crippen LogP contribution in [0.25, 0.3) is 22.2 Å². The Hall–Kier alpha value is -2.41. The van der Waals surface area contributed by atoms with Crippen LogP contribution in [0.15, 0.2) is 30.5 Å². The molecular formula is C15H15N3O3S. The van der Waals surface area contributed by atoms with Crippen LogP contribution in [0.5, 0.6) is 5.88 Å². The third-order valence-electron chi connectivity index (χ3n) is 3.55. The van der Waals surface area contributed by atoms with E-state index in [1.54, 1.807) is 13.3 Å². The predicted molar refractivity (Wildman–Crippen MR) is 84.6 cm³/mol. The van der Waals surface area contributed by atoms with Crippen molar-refractivity contribution in [3.8, 4) is 17.1 Å². The zero-order valence-electron chi connectivity index (χ0n) is 12.2. The van der Waals surface area contributed by atoms with Gasteiger partial charge in [0.2, 0.25) is 5.88 Å². The van der Waals surface area contributed by atoms with E-state index in [1.807, 2.05) is 31.2 Å². The summed E-state index contributed by atoms with van der Waals surface area (Å²) < 4.78 is 27.1.